The van der Waals surface area contributed by atoms with Crippen LogP contribution in [0.4, 0.5) is 11.5 Å². The van der Waals surface area contributed by atoms with Crippen LogP contribution in [0.5, 0.6) is 5.75 Å². The van der Waals surface area contributed by atoms with Gasteiger partial charge >= 0.3 is 0 Å². The number of carbonyl (C=O) groups is 2. The molecule has 0 spiro atoms. The van der Waals surface area contributed by atoms with E-state index in [-0.39, 0.29) is 18.2 Å². The Bertz CT molecular complexity index is 1070. The van der Waals surface area contributed by atoms with Gasteiger partial charge in [-0.1, -0.05) is 30.3 Å². The van der Waals surface area contributed by atoms with E-state index in [1.165, 1.54) is 0 Å². The number of anilines is 2. The van der Waals surface area contributed by atoms with E-state index in [9.17, 15) is 9.59 Å². The van der Waals surface area contributed by atoms with Gasteiger partial charge in [-0.05, 0) is 48.4 Å². The lowest BCUT2D eigenvalue weighted by Gasteiger charge is -2.23. The number of benzene rings is 2. The number of carbonyl (C=O) groups excluding carboxylic acids is 2. The van der Waals surface area contributed by atoms with Crippen LogP contribution in [0, 0.1) is 0 Å². The van der Waals surface area contributed by atoms with Crippen molar-refractivity contribution >= 4 is 23.3 Å². The van der Waals surface area contributed by atoms with Crippen molar-refractivity contribution in [2.75, 3.05) is 43.5 Å². The van der Waals surface area contributed by atoms with Crippen LogP contribution in [0.3, 0.4) is 0 Å². The van der Waals surface area contributed by atoms with Crippen molar-refractivity contribution in [1.82, 2.24) is 9.88 Å². The summed E-state index contributed by atoms with van der Waals surface area (Å²) in [4.78, 5) is 33.8. The molecule has 4 rings (SSSR count). The van der Waals surface area contributed by atoms with Crippen LogP contribution in [-0.2, 0) is 11.2 Å². The van der Waals surface area contributed by atoms with E-state index in [1.807, 2.05) is 71.6 Å². The smallest absolute Gasteiger partial charge is 0.253 e. The van der Waals surface area contributed by atoms with Gasteiger partial charge in [0.25, 0.3) is 5.91 Å². The van der Waals surface area contributed by atoms with Gasteiger partial charge in [0.15, 0.2) is 0 Å². The number of hydrogen-bond acceptors (Lipinski definition) is 5. The maximum atomic E-state index is 12.8. The average Bonchev–Trinajstić information content (AvgIpc) is 3.11. The minimum absolute atomic E-state index is 0.0697. The lowest BCUT2D eigenvalue weighted by Crippen LogP contribution is -2.35. The standard InChI is InChI=1S/C26H28N4O3/c1-33-23-11-8-20(9-12-23)18-25(31)28-22-10-13-24(27-19-22)29-14-5-15-30(17-16-29)26(32)21-6-3-2-4-7-21/h2-4,6-13,19H,5,14-18H2,1H3,(H,28,31). The van der Waals surface area contributed by atoms with Crippen LogP contribution in [0.1, 0.15) is 22.3 Å². The second-order valence-electron chi connectivity index (χ2n) is 7.98. The molecule has 33 heavy (non-hydrogen) atoms. The van der Waals surface area contributed by atoms with Crippen molar-refractivity contribution in [3.8, 4) is 5.75 Å². The van der Waals surface area contributed by atoms with Crippen LogP contribution in [0.2, 0.25) is 0 Å². The highest BCUT2D eigenvalue weighted by atomic mass is 16.5. The zero-order valence-corrected chi connectivity index (χ0v) is 18.7. The Morgan fingerprint density at radius 1 is 0.939 bits per heavy atom. The molecular weight excluding hydrogens is 416 g/mol. The van der Waals surface area contributed by atoms with E-state index in [2.05, 4.69) is 15.2 Å². The molecule has 1 fully saturated rings. The Morgan fingerprint density at radius 3 is 2.42 bits per heavy atom. The van der Waals surface area contributed by atoms with Gasteiger partial charge in [-0.25, -0.2) is 4.98 Å². The van der Waals surface area contributed by atoms with Crippen molar-refractivity contribution < 1.29 is 14.3 Å². The fourth-order valence-corrected chi connectivity index (χ4v) is 3.89. The number of hydrogen-bond donors (Lipinski definition) is 1. The normalized spacial score (nSPS) is 13.8. The molecule has 0 bridgehead atoms. The van der Waals surface area contributed by atoms with Crippen molar-refractivity contribution in [3.63, 3.8) is 0 Å². The molecule has 0 radical (unpaired) electrons. The number of methoxy groups -OCH3 is 1. The van der Waals surface area contributed by atoms with Gasteiger partial charge in [0.1, 0.15) is 11.6 Å². The summed E-state index contributed by atoms with van der Waals surface area (Å²) in [6.07, 6.45) is 2.84. The number of amides is 2. The fourth-order valence-electron chi connectivity index (χ4n) is 3.89. The number of rotatable bonds is 6. The molecule has 2 amide bonds. The van der Waals surface area contributed by atoms with Crippen LogP contribution in [-0.4, -0.2) is 55.0 Å². The van der Waals surface area contributed by atoms with E-state index in [0.717, 1.165) is 48.7 Å². The molecule has 7 nitrogen and oxygen atoms in total. The monoisotopic (exact) mass is 444 g/mol. The van der Waals surface area contributed by atoms with E-state index < -0.39 is 0 Å². The molecule has 2 aromatic carbocycles. The SMILES string of the molecule is COc1ccc(CC(=O)Nc2ccc(N3CCCN(C(=O)c4ccccc4)CC3)nc2)cc1. The molecule has 0 unspecified atom stereocenters. The molecular formula is C26H28N4O3. The van der Waals surface area contributed by atoms with Crippen LogP contribution in [0.15, 0.2) is 72.9 Å². The Labute approximate surface area is 194 Å². The lowest BCUT2D eigenvalue weighted by atomic mass is 10.1. The number of pyridine rings is 1. The van der Waals surface area contributed by atoms with Gasteiger partial charge in [-0.15, -0.1) is 0 Å². The summed E-state index contributed by atoms with van der Waals surface area (Å²) in [5.41, 5.74) is 2.30. The third kappa shape index (κ3) is 5.88. The summed E-state index contributed by atoms with van der Waals surface area (Å²) < 4.78 is 5.14. The highest BCUT2D eigenvalue weighted by molar-refractivity contribution is 5.94. The summed E-state index contributed by atoms with van der Waals surface area (Å²) in [6, 6.07) is 20.6. The van der Waals surface area contributed by atoms with Crippen LogP contribution >= 0.6 is 0 Å². The summed E-state index contributed by atoms with van der Waals surface area (Å²) in [6.45, 7) is 2.92. The molecule has 1 aliphatic rings. The Balaban J connectivity index is 1.31. The van der Waals surface area contributed by atoms with Crippen LogP contribution < -0.4 is 15.0 Å². The first-order valence-corrected chi connectivity index (χ1v) is 11.1. The zero-order chi connectivity index (χ0) is 23.0. The largest absolute Gasteiger partial charge is 0.497 e. The third-order valence-electron chi connectivity index (χ3n) is 5.68. The number of nitrogens with one attached hydrogen (secondary N) is 1. The topological polar surface area (TPSA) is 74.8 Å². The minimum Gasteiger partial charge on any atom is -0.497 e. The first kappa shape index (κ1) is 22.3. The van der Waals surface area contributed by atoms with E-state index in [1.54, 1.807) is 13.3 Å². The van der Waals surface area contributed by atoms with Crippen LogP contribution in [0.25, 0.3) is 0 Å². The lowest BCUT2D eigenvalue weighted by molar-refractivity contribution is -0.115. The Hall–Kier alpha value is -3.87. The van der Waals surface area contributed by atoms with E-state index in [4.69, 9.17) is 4.74 Å². The number of aromatic nitrogens is 1. The van der Waals surface area contributed by atoms with E-state index in [0.29, 0.717) is 12.2 Å². The van der Waals surface area contributed by atoms with Crippen molar-refractivity contribution in [1.29, 1.82) is 0 Å². The summed E-state index contributed by atoms with van der Waals surface area (Å²) >= 11 is 0. The minimum atomic E-state index is -0.0976. The molecule has 1 saturated heterocycles. The maximum Gasteiger partial charge on any atom is 0.253 e. The van der Waals surface area contributed by atoms with Crippen molar-refractivity contribution in [2.24, 2.45) is 0 Å². The summed E-state index contributed by atoms with van der Waals surface area (Å²) in [7, 11) is 1.62. The number of ether oxygens (including phenoxy) is 1. The molecule has 2 heterocycles. The molecule has 0 aliphatic carbocycles. The molecule has 1 N–H and O–H groups in total. The Morgan fingerprint density at radius 2 is 1.73 bits per heavy atom. The quantitative estimate of drug-likeness (QED) is 0.629. The summed E-state index contributed by atoms with van der Waals surface area (Å²) in [5, 5.41) is 2.90. The van der Waals surface area contributed by atoms with Gasteiger partial charge in [0.05, 0.1) is 25.4 Å². The second kappa shape index (κ2) is 10.6. The van der Waals surface area contributed by atoms with Gasteiger partial charge < -0.3 is 19.9 Å². The number of nitrogens with zero attached hydrogens (tertiary/aromatic N) is 3. The molecule has 1 aromatic heterocycles. The molecule has 7 heteroatoms. The average molecular weight is 445 g/mol. The zero-order valence-electron chi connectivity index (χ0n) is 18.7. The highest BCUT2D eigenvalue weighted by Crippen LogP contribution is 2.18. The molecule has 1 aliphatic heterocycles. The Kier molecular flexibility index (Phi) is 7.19. The van der Waals surface area contributed by atoms with Gasteiger partial charge in [0, 0.05) is 31.7 Å². The highest BCUT2D eigenvalue weighted by Gasteiger charge is 2.21. The molecule has 0 saturated carbocycles. The van der Waals surface area contributed by atoms with Crippen molar-refractivity contribution in [3.05, 3.63) is 84.1 Å². The predicted octanol–water partition coefficient (Wildman–Crippen LogP) is 3.62. The fraction of sp³-hybridized carbons (Fsp3) is 0.269. The maximum absolute atomic E-state index is 12.8. The van der Waals surface area contributed by atoms with Crippen molar-refractivity contribution in [2.45, 2.75) is 12.8 Å². The van der Waals surface area contributed by atoms with Gasteiger partial charge in [-0.3, -0.25) is 9.59 Å². The molecule has 3 aromatic rings. The first-order chi connectivity index (χ1) is 16.1. The summed E-state index contributed by atoms with van der Waals surface area (Å²) in [5.74, 6) is 1.58. The predicted molar refractivity (Wildman–Crippen MR) is 129 cm³/mol. The second-order valence-corrected chi connectivity index (χ2v) is 7.98. The third-order valence-corrected chi connectivity index (χ3v) is 5.68. The van der Waals surface area contributed by atoms with Gasteiger partial charge in [0.2, 0.25) is 5.91 Å². The molecule has 0 atom stereocenters. The van der Waals surface area contributed by atoms with Gasteiger partial charge in [-0.2, -0.15) is 0 Å². The van der Waals surface area contributed by atoms with E-state index >= 15 is 0 Å². The molecule has 170 valence electrons. The first-order valence-electron chi connectivity index (χ1n) is 11.1.